The predicted molar refractivity (Wildman–Crippen MR) is 360 cm³/mol. The SMILES string of the molecule is CC/C=C\C/C=C\C/C=C\C/C=C\C/C=C\CCCCCCCCCC(=O)NC(COP(=O)(O)OCC[N+](C)(C)C)C(/C=C/CCCCCCCCCCC)OC(=O)CCCCCCCCC/C=C\C/C=C\C/C=C\C/C=C\CCCCC. The van der Waals surface area contributed by atoms with Gasteiger partial charge < -0.3 is 19.4 Å². The van der Waals surface area contributed by atoms with E-state index in [1.165, 1.54) is 109 Å². The van der Waals surface area contributed by atoms with Crippen LogP contribution < -0.4 is 5.32 Å². The number of allylic oxidation sites excluding steroid dienone is 19. The molecule has 0 aromatic carbocycles. The molecule has 10 heteroatoms. The van der Waals surface area contributed by atoms with E-state index in [4.69, 9.17) is 13.8 Å². The minimum Gasteiger partial charge on any atom is -0.456 e. The minimum atomic E-state index is -4.47. The van der Waals surface area contributed by atoms with E-state index < -0.39 is 20.0 Å². The molecule has 3 atom stereocenters. The second-order valence-electron chi connectivity index (χ2n) is 23.6. The Kier molecular flexibility index (Phi) is 58.8. The number of quaternary nitrogens is 1. The molecule has 0 heterocycles. The van der Waals surface area contributed by atoms with Crippen LogP contribution in [-0.2, 0) is 27.9 Å². The highest BCUT2D eigenvalue weighted by Crippen LogP contribution is 2.43. The van der Waals surface area contributed by atoms with Crippen molar-refractivity contribution in [1.82, 2.24) is 5.32 Å². The van der Waals surface area contributed by atoms with Crippen molar-refractivity contribution < 1.29 is 37.3 Å². The molecule has 83 heavy (non-hydrogen) atoms. The summed E-state index contributed by atoms with van der Waals surface area (Å²) in [5, 5.41) is 3.05. The van der Waals surface area contributed by atoms with Crippen LogP contribution in [0, 0.1) is 0 Å². The Morgan fingerprint density at radius 2 is 0.771 bits per heavy atom. The second-order valence-corrected chi connectivity index (χ2v) is 25.1. The van der Waals surface area contributed by atoms with Gasteiger partial charge in [-0.25, -0.2) is 4.57 Å². The maximum Gasteiger partial charge on any atom is 0.472 e. The van der Waals surface area contributed by atoms with Crippen molar-refractivity contribution >= 4 is 19.7 Å². The summed E-state index contributed by atoms with van der Waals surface area (Å²) in [6, 6.07) is -0.868. The number of ether oxygens (including phenoxy) is 1. The Hall–Kier alpha value is -3.59. The number of rotatable bonds is 60. The normalized spacial score (nSPS) is 14.3. The number of likely N-dealkylation sites (N-methyl/N-ethyl adjacent to an activating group) is 1. The lowest BCUT2D eigenvalue weighted by Crippen LogP contribution is -2.47. The fourth-order valence-electron chi connectivity index (χ4n) is 9.19. The molecule has 0 aliphatic carbocycles. The van der Waals surface area contributed by atoms with Gasteiger partial charge in [-0.3, -0.25) is 18.6 Å². The average Bonchev–Trinajstić information content (AvgIpc) is 3.51. The molecule has 1 amide bonds. The largest absolute Gasteiger partial charge is 0.472 e. The first-order chi connectivity index (χ1) is 40.4. The molecular formula is C73H128N2O7P+. The number of carbonyl (C=O) groups excluding carboxylic acids is 2. The Bertz CT molecular complexity index is 1830. The average molecular weight is 1180 g/mol. The Morgan fingerprint density at radius 3 is 1.18 bits per heavy atom. The summed E-state index contributed by atoms with van der Waals surface area (Å²) < 4.78 is 30.8. The van der Waals surface area contributed by atoms with E-state index in [0.717, 1.165) is 135 Å². The van der Waals surface area contributed by atoms with Crippen LogP contribution >= 0.6 is 7.82 Å². The van der Waals surface area contributed by atoms with Gasteiger partial charge in [-0.15, -0.1) is 0 Å². The standard InChI is InChI=1S/C73H127N2O7P/c1-7-10-13-16-19-22-25-27-29-31-33-35-37-39-41-43-45-47-50-53-56-59-62-65-72(76)74-70(69-81-83(78,79)80-68-67-75(4,5)6)71(64-61-58-55-52-49-24-21-18-15-12-9-3)82-73(77)66-63-60-57-54-51-48-46-44-42-40-38-36-34-32-30-28-26-23-20-17-14-11-8-2/h10,13,19-20,22-23,27-30,33-36,39-42,61,64,70-71H,7-9,11-12,14-18,21,24-26,31-32,37-38,43-60,62-63,65-69H2,1-6H3,(H-,74,76,78,79)/p+1/b13-10-,22-19-,23-20-,29-27-,30-28-,35-33-,36-34-,41-39-,42-40-,64-61+. The van der Waals surface area contributed by atoms with Gasteiger partial charge in [-0.2, -0.15) is 0 Å². The quantitative estimate of drug-likeness (QED) is 0.0205. The molecule has 0 fully saturated rings. The van der Waals surface area contributed by atoms with Crippen LogP contribution in [0.2, 0.25) is 0 Å². The van der Waals surface area contributed by atoms with E-state index in [2.05, 4.69) is 135 Å². The van der Waals surface area contributed by atoms with E-state index in [1.807, 2.05) is 33.3 Å². The van der Waals surface area contributed by atoms with E-state index >= 15 is 0 Å². The number of esters is 1. The first kappa shape index (κ1) is 79.4. The van der Waals surface area contributed by atoms with E-state index in [0.29, 0.717) is 17.4 Å². The van der Waals surface area contributed by atoms with E-state index in [1.54, 1.807) is 0 Å². The Morgan fingerprint density at radius 1 is 0.434 bits per heavy atom. The molecular weight excluding hydrogens is 1050 g/mol. The molecule has 9 nitrogen and oxygen atoms in total. The summed E-state index contributed by atoms with van der Waals surface area (Å²) >= 11 is 0. The molecule has 0 aromatic rings. The highest BCUT2D eigenvalue weighted by atomic mass is 31.2. The lowest BCUT2D eigenvalue weighted by molar-refractivity contribution is -0.870. The number of unbranched alkanes of at least 4 members (excludes halogenated alkanes) is 26. The van der Waals surface area contributed by atoms with Gasteiger partial charge in [0.25, 0.3) is 0 Å². The van der Waals surface area contributed by atoms with Gasteiger partial charge in [0.2, 0.25) is 5.91 Å². The van der Waals surface area contributed by atoms with Crippen molar-refractivity contribution in [1.29, 1.82) is 0 Å². The van der Waals surface area contributed by atoms with Gasteiger partial charge >= 0.3 is 13.8 Å². The van der Waals surface area contributed by atoms with Crippen LogP contribution in [0.1, 0.15) is 278 Å². The van der Waals surface area contributed by atoms with Crippen LogP contribution in [0.25, 0.3) is 0 Å². The van der Waals surface area contributed by atoms with Crippen molar-refractivity contribution in [3.8, 4) is 0 Å². The van der Waals surface area contributed by atoms with Crippen molar-refractivity contribution in [3.63, 3.8) is 0 Å². The van der Waals surface area contributed by atoms with Crippen LogP contribution in [0.4, 0.5) is 0 Å². The predicted octanol–water partition coefficient (Wildman–Crippen LogP) is 21.4. The van der Waals surface area contributed by atoms with Gasteiger partial charge in [0.1, 0.15) is 19.3 Å². The molecule has 0 radical (unpaired) electrons. The third kappa shape index (κ3) is 62.8. The van der Waals surface area contributed by atoms with Gasteiger partial charge in [-0.1, -0.05) is 265 Å². The number of amides is 1. The van der Waals surface area contributed by atoms with Crippen LogP contribution in [0.3, 0.4) is 0 Å². The number of phosphoric acid groups is 1. The minimum absolute atomic E-state index is 0.0295. The highest BCUT2D eigenvalue weighted by molar-refractivity contribution is 7.47. The summed E-state index contributed by atoms with van der Waals surface area (Å²) in [4.78, 5) is 37.8. The third-order valence-electron chi connectivity index (χ3n) is 14.4. The molecule has 0 aliphatic rings. The van der Waals surface area contributed by atoms with Crippen molar-refractivity contribution in [2.24, 2.45) is 0 Å². The van der Waals surface area contributed by atoms with E-state index in [-0.39, 0.29) is 31.5 Å². The Balaban J connectivity index is 5.16. The molecule has 0 aliphatic heterocycles. The summed E-state index contributed by atoms with van der Waals surface area (Å²) in [5.74, 6) is -0.535. The van der Waals surface area contributed by atoms with Gasteiger partial charge in [-0.05, 0) is 122 Å². The van der Waals surface area contributed by atoms with E-state index in [9.17, 15) is 19.0 Å². The molecule has 0 rings (SSSR count). The van der Waals surface area contributed by atoms with Gasteiger partial charge in [0.05, 0.1) is 33.8 Å². The molecule has 0 bridgehead atoms. The zero-order valence-electron chi connectivity index (χ0n) is 54.4. The van der Waals surface area contributed by atoms with Crippen molar-refractivity contribution in [2.75, 3.05) is 40.9 Å². The fourth-order valence-corrected chi connectivity index (χ4v) is 9.92. The number of nitrogens with one attached hydrogen (secondary N) is 1. The summed E-state index contributed by atoms with van der Waals surface area (Å²) in [5.41, 5.74) is 0. The topological polar surface area (TPSA) is 111 Å². The number of nitrogens with zero attached hydrogens (tertiary/aromatic N) is 1. The number of phosphoric ester groups is 1. The molecule has 0 saturated carbocycles. The molecule has 476 valence electrons. The third-order valence-corrected chi connectivity index (χ3v) is 15.4. The van der Waals surface area contributed by atoms with Crippen LogP contribution in [0.5, 0.6) is 0 Å². The van der Waals surface area contributed by atoms with Crippen molar-refractivity contribution in [2.45, 2.75) is 290 Å². The number of hydrogen-bond acceptors (Lipinski definition) is 6. The zero-order chi connectivity index (χ0) is 60.7. The molecule has 0 aromatic heterocycles. The van der Waals surface area contributed by atoms with Gasteiger partial charge in [0, 0.05) is 12.8 Å². The smallest absolute Gasteiger partial charge is 0.456 e. The summed E-state index contributed by atoms with van der Waals surface area (Å²) in [7, 11) is 1.47. The maximum atomic E-state index is 13.6. The van der Waals surface area contributed by atoms with Crippen LogP contribution in [-0.4, -0.2) is 74.3 Å². The van der Waals surface area contributed by atoms with Gasteiger partial charge in [0.15, 0.2) is 0 Å². The number of hydrogen-bond donors (Lipinski definition) is 2. The number of carbonyl (C=O) groups is 2. The Labute approximate surface area is 512 Å². The first-order valence-electron chi connectivity index (χ1n) is 33.9. The summed E-state index contributed by atoms with van der Waals surface area (Å²) in [6.45, 7) is 6.85. The lowest BCUT2D eigenvalue weighted by atomic mass is 10.1. The fraction of sp³-hybridized carbons (Fsp3) is 0.699. The highest BCUT2D eigenvalue weighted by Gasteiger charge is 2.30. The zero-order valence-corrected chi connectivity index (χ0v) is 55.3. The lowest BCUT2D eigenvalue weighted by Gasteiger charge is -2.27. The molecule has 0 saturated heterocycles. The molecule has 0 spiro atoms. The monoisotopic (exact) mass is 1180 g/mol. The second kappa shape index (κ2) is 61.5. The molecule has 2 N–H and O–H groups in total. The first-order valence-corrected chi connectivity index (χ1v) is 35.4. The van der Waals surface area contributed by atoms with Crippen LogP contribution in [0.15, 0.2) is 122 Å². The summed E-state index contributed by atoms with van der Waals surface area (Å²) in [6.07, 6.45) is 86.3. The van der Waals surface area contributed by atoms with Crippen molar-refractivity contribution in [3.05, 3.63) is 122 Å². The molecule has 3 unspecified atom stereocenters. The maximum absolute atomic E-state index is 13.6.